The van der Waals surface area contributed by atoms with E-state index in [2.05, 4.69) is 30.5 Å². The number of benzene rings is 2. The van der Waals surface area contributed by atoms with E-state index in [0.29, 0.717) is 16.5 Å². The molecule has 0 radical (unpaired) electrons. The Morgan fingerprint density at radius 2 is 1.87 bits per heavy atom. The largest absolute Gasteiger partial charge is 0.493 e. The maximum atomic E-state index is 12.0. The van der Waals surface area contributed by atoms with Crippen LogP contribution in [-0.4, -0.2) is 18.5 Å². The van der Waals surface area contributed by atoms with Gasteiger partial charge in [-0.05, 0) is 23.8 Å². The fourth-order valence-electron chi connectivity index (χ4n) is 2.15. The molecule has 0 aliphatic carbocycles. The Hall–Kier alpha value is -2.19. The van der Waals surface area contributed by atoms with Gasteiger partial charge in [0.15, 0.2) is 5.69 Å². The predicted molar refractivity (Wildman–Crippen MR) is 91.2 cm³/mol. The molecule has 0 saturated heterocycles. The van der Waals surface area contributed by atoms with Gasteiger partial charge < -0.3 is 10.1 Å². The highest BCUT2D eigenvalue weighted by molar-refractivity contribution is 9.10. The number of nitrogens with one attached hydrogen (secondary N) is 1. The molecule has 0 atom stereocenters. The quantitative estimate of drug-likeness (QED) is 0.648. The molecule has 0 saturated carbocycles. The zero-order chi connectivity index (χ0) is 16.4. The van der Waals surface area contributed by atoms with Gasteiger partial charge in [-0.15, -0.1) is 5.11 Å². The average Bonchev–Trinajstić information content (AvgIpc) is 2.81. The fourth-order valence-corrected chi connectivity index (χ4v) is 3.39. The third kappa shape index (κ3) is 3.59. The second-order valence-electron chi connectivity index (χ2n) is 4.91. The molecule has 3 rings (SSSR count). The number of sulfonamides is 1. The van der Waals surface area contributed by atoms with Gasteiger partial charge in [0.05, 0.1) is 11.3 Å². The van der Waals surface area contributed by atoms with Gasteiger partial charge in [0.2, 0.25) is 5.88 Å². The zero-order valence-electron chi connectivity index (χ0n) is 11.8. The summed E-state index contributed by atoms with van der Waals surface area (Å²) in [6.45, 7) is 0. The maximum absolute atomic E-state index is 12.0. The van der Waals surface area contributed by atoms with Crippen molar-refractivity contribution in [2.75, 3.05) is 0 Å². The number of nitrogens with zero attached hydrogens (tertiary/aromatic N) is 2. The standard InChI is InChI=1S/C15H12BrN3O3S/c16-11-6-7-13-12(8-11)14(15(20)17-13)18-19-23(21,22)9-10-4-2-1-3-5-10/h1-8,17,20H,9H2. The Morgan fingerprint density at radius 1 is 1.13 bits per heavy atom. The number of aromatic hydroxyl groups is 1. The number of aromatic nitrogens is 1. The van der Waals surface area contributed by atoms with Crippen molar-refractivity contribution < 1.29 is 13.5 Å². The molecular formula is C15H12BrN3O3S. The predicted octanol–water partition coefficient (Wildman–Crippen LogP) is 4.25. The Kier molecular flexibility index (Phi) is 4.18. The highest BCUT2D eigenvalue weighted by Crippen LogP contribution is 2.37. The molecule has 1 aromatic heterocycles. The normalized spacial score (nSPS) is 12.2. The summed E-state index contributed by atoms with van der Waals surface area (Å²) in [5.41, 5.74) is 1.36. The smallest absolute Gasteiger partial charge is 0.274 e. The second kappa shape index (κ2) is 6.13. The molecule has 0 amide bonds. The summed E-state index contributed by atoms with van der Waals surface area (Å²) >= 11 is 3.32. The summed E-state index contributed by atoms with van der Waals surface area (Å²) in [6, 6.07) is 14.0. The molecule has 2 N–H and O–H groups in total. The first-order chi connectivity index (χ1) is 10.9. The van der Waals surface area contributed by atoms with Gasteiger partial charge in [-0.3, -0.25) is 0 Å². The highest BCUT2D eigenvalue weighted by atomic mass is 79.9. The van der Waals surface area contributed by atoms with Gasteiger partial charge in [-0.2, -0.15) is 0 Å². The fraction of sp³-hybridized carbons (Fsp3) is 0.0667. The molecular weight excluding hydrogens is 382 g/mol. The van der Waals surface area contributed by atoms with Crippen LogP contribution < -0.4 is 0 Å². The number of hydrogen-bond acceptors (Lipinski definition) is 4. The molecule has 0 unspecified atom stereocenters. The number of fused-ring (bicyclic) bond motifs is 1. The van der Waals surface area contributed by atoms with Crippen LogP contribution in [0.2, 0.25) is 0 Å². The average molecular weight is 394 g/mol. The van der Waals surface area contributed by atoms with E-state index in [1.165, 1.54) is 0 Å². The van der Waals surface area contributed by atoms with E-state index in [9.17, 15) is 13.5 Å². The van der Waals surface area contributed by atoms with Crippen molar-refractivity contribution in [3.63, 3.8) is 0 Å². The number of H-pyrrole nitrogens is 1. The summed E-state index contributed by atoms with van der Waals surface area (Å²) in [7, 11) is -3.78. The van der Waals surface area contributed by atoms with Crippen molar-refractivity contribution in [3.05, 3.63) is 58.6 Å². The van der Waals surface area contributed by atoms with Gasteiger partial charge in [0.25, 0.3) is 10.0 Å². The number of halogens is 1. The molecule has 2 aromatic carbocycles. The van der Waals surface area contributed by atoms with Gasteiger partial charge in [0, 0.05) is 9.86 Å². The van der Waals surface area contributed by atoms with Gasteiger partial charge in [-0.1, -0.05) is 50.8 Å². The second-order valence-corrected chi connectivity index (χ2v) is 7.44. The minimum Gasteiger partial charge on any atom is -0.493 e. The van der Waals surface area contributed by atoms with Crippen LogP contribution in [0.15, 0.2) is 62.6 Å². The summed E-state index contributed by atoms with van der Waals surface area (Å²) in [5.74, 6) is -0.471. The van der Waals surface area contributed by atoms with E-state index in [1.54, 1.807) is 48.5 Å². The minimum absolute atomic E-state index is 0.0953. The van der Waals surface area contributed by atoms with Crippen molar-refractivity contribution in [2.24, 2.45) is 9.63 Å². The lowest BCUT2D eigenvalue weighted by Gasteiger charge is -1.98. The third-order valence-electron chi connectivity index (χ3n) is 3.17. The van der Waals surface area contributed by atoms with Gasteiger partial charge in [-0.25, -0.2) is 8.42 Å². The van der Waals surface area contributed by atoms with Crippen LogP contribution in [-0.2, 0) is 15.8 Å². The number of hydrogen-bond donors (Lipinski definition) is 2. The Labute approximate surface area is 141 Å². The lowest BCUT2D eigenvalue weighted by atomic mass is 10.2. The van der Waals surface area contributed by atoms with Crippen LogP contribution in [0.5, 0.6) is 5.88 Å². The molecule has 8 heteroatoms. The Balaban J connectivity index is 1.93. The van der Waals surface area contributed by atoms with E-state index >= 15 is 0 Å². The minimum atomic E-state index is -3.78. The molecule has 0 spiro atoms. The van der Waals surface area contributed by atoms with Gasteiger partial charge in [0.1, 0.15) is 0 Å². The van der Waals surface area contributed by atoms with E-state index in [0.717, 1.165) is 4.47 Å². The Bertz CT molecular complexity index is 982. The van der Waals surface area contributed by atoms with Crippen LogP contribution in [0.25, 0.3) is 10.9 Å². The van der Waals surface area contributed by atoms with E-state index < -0.39 is 10.0 Å². The number of rotatable bonds is 4. The van der Waals surface area contributed by atoms with E-state index in [4.69, 9.17) is 0 Å². The molecule has 23 heavy (non-hydrogen) atoms. The van der Waals surface area contributed by atoms with Crippen molar-refractivity contribution in [1.82, 2.24) is 4.98 Å². The first-order valence-electron chi connectivity index (χ1n) is 6.64. The summed E-state index contributed by atoms with van der Waals surface area (Å²) < 4.78 is 28.3. The Morgan fingerprint density at radius 3 is 2.61 bits per heavy atom. The lowest BCUT2D eigenvalue weighted by molar-refractivity contribution is 0.459. The van der Waals surface area contributed by atoms with Crippen molar-refractivity contribution in [1.29, 1.82) is 0 Å². The van der Waals surface area contributed by atoms with Crippen LogP contribution in [0.3, 0.4) is 0 Å². The monoisotopic (exact) mass is 393 g/mol. The molecule has 118 valence electrons. The summed E-state index contributed by atoms with van der Waals surface area (Å²) in [4.78, 5) is 2.73. The lowest BCUT2D eigenvalue weighted by Crippen LogP contribution is -1.99. The SMILES string of the molecule is O=S(=O)(Cc1ccccc1)N=Nc1c(O)[nH]c2ccc(Br)cc12. The first-order valence-corrected chi connectivity index (χ1v) is 9.05. The van der Waals surface area contributed by atoms with E-state index in [-0.39, 0.29) is 17.3 Å². The van der Waals surface area contributed by atoms with Crippen LogP contribution in [0, 0.1) is 0 Å². The van der Waals surface area contributed by atoms with Crippen molar-refractivity contribution in [2.45, 2.75) is 5.75 Å². The third-order valence-corrected chi connectivity index (χ3v) is 4.69. The molecule has 1 heterocycles. The molecule has 0 aliphatic heterocycles. The maximum Gasteiger partial charge on any atom is 0.274 e. The summed E-state index contributed by atoms with van der Waals surface area (Å²) in [5, 5.41) is 14.2. The molecule has 0 aliphatic rings. The van der Waals surface area contributed by atoms with Crippen LogP contribution in [0.1, 0.15) is 5.56 Å². The summed E-state index contributed by atoms with van der Waals surface area (Å²) in [6.07, 6.45) is 0. The molecule has 6 nitrogen and oxygen atoms in total. The topological polar surface area (TPSA) is 94.9 Å². The van der Waals surface area contributed by atoms with Crippen molar-refractivity contribution in [3.8, 4) is 5.88 Å². The van der Waals surface area contributed by atoms with Crippen LogP contribution in [0.4, 0.5) is 5.69 Å². The molecule has 3 aromatic rings. The molecule has 0 fully saturated rings. The highest BCUT2D eigenvalue weighted by Gasteiger charge is 2.14. The first kappa shape index (κ1) is 15.7. The molecule has 0 bridgehead atoms. The van der Waals surface area contributed by atoms with E-state index in [1.807, 2.05) is 0 Å². The number of aromatic amines is 1. The van der Waals surface area contributed by atoms with Gasteiger partial charge >= 0.3 is 0 Å². The zero-order valence-corrected chi connectivity index (χ0v) is 14.2. The van der Waals surface area contributed by atoms with Crippen molar-refractivity contribution >= 4 is 42.5 Å². The van der Waals surface area contributed by atoms with Crippen LogP contribution >= 0.6 is 15.9 Å².